The highest BCUT2D eigenvalue weighted by Gasteiger charge is 2.54. The molecule has 6 rings (SSSR count). The highest BCUT2D eigenvalue weighted by Crippen LogP contribution is 2.33. The lowest BCUT2D eigenvalue weighted by Gasteiger charge is -2.48. The maximum absolute atomic E-state index is 10.9. The zero-order chi connectivity index (χ0) is 48.6. The number of likely N-dealkylation sites (tertiary alicyclic amines) is 1. The number of carbonyl (C=O) groups is 2. The van der Waals surface area contributed by atoms with Crippen LogP contribution in [0.25, 0.3) is 0 Å². The number of piperidine rings is 1. The summed E-state index contributed by atoms with van der Waals surface area (Å²) in [5.41, 5.74) is 0.0225. The Morgan fingerprint density at radius 2 is 1.26 bits per heavy atom. The number of ether oxygens (including phenoxy) is 5. The van der Waals surface area contributed by atoms with Gasteiger partial charge in [-0.25, -0.2) is 0 Å². The van der Waals surface area contributed by atoms with Crippen LogP contribution in [0.2, 0.25) is 0 Å². The number of aliphatic hydroxyl groups excluding tert-OH is 18. The molecule has 1 aliphatic carbocycles. The molecule has 0 bridgehead atoms. The number of β-amino-alcohol motifs (C(OH)–C–C–N with tert-alkyl or cyclic N) is 2. The minimum Gasteiger partial charge on any atom is -0.395 e. The summed E-state index contributed by atoms with van der Waals surface area (Å²) in [6.45, 7) is -0.788. The lowest BCUT2D eigenvalue weighted by molar-refractivity contribution is -0.373. The van der Waals surface area contributed by atoms with E-state index < -0.39 is 161 Å². The Bertz CT molecular complexity index is 1510. The molecule has 29 heteroatoms. The van der Waals surface area contributed by atoms with Crippen molar-refractivity contribution in [3.63, 3.8) is 0 Å². The van der Waals surface area contributed by atoms with E-state index in [4.69, 9.17) is 33.9 Å². The molecule has 23 atom stereocenters. The predicted octanol–water partition coefficient (Wildman–Crippen LogP) is -11.9. The fourth-order valence-corrected chi connectivity index (χ4v) is 8.42. The van der Waals surface area contributed by atoms with Gasteiger partial charge in [-0.15, -0.1) is 0 Å². The maximum atomic E-state index is 10.9. The first kappa shape index (κ1) is 55.8. The fraction of sp³-hybridized carbons (Fsp3) is 0.889. The highest BCUT2D eigenvalue weighted by molar-refractivity contribution is 8.14. The third-order valence-electron chi connectivity index (χ3n) is 11.7. The number of imide groups is 1. The van der Waals surface area contributed by atoms with Crippen LogP contribution in [0.3, 0.4) is 0 Å². The second-order valence-corrected chi connectivity index (χ2v) is 17.0. The van der Waals surface area contributed by atoms with Crippen LogP contribution in [0.15, 0.2) is 11.6 Å². The first-order valence-corrected chi connectivity index (χ1v) is 21.5. The number of nitrogens with zero attached hydrogens (tertiary/aromatic N) is 1. The molecular weight excluding hydrogens is 906 g/mol. The van der Waals surface area contributed by atoms with Gasteiger partial charge in [0.2, 0.25) is 5.91 Å². The van der Waals surface area contributed by atoms with Crippen LogP contribution in [0.4, 0.5) is 4.79 Å². The molecular formula is C36H63N3O25S. The van der Waals surface area contributed by atoms with E-state index in [1.807, 2.05) is 0 Å². The summed E-state index contributed by atoms with van der Waals surface area (Å²) in [5, 5.41) is 183. The number of rotatable bonds is 12. The van der Waals surface area contributed by atoms with Gasteiger partial charge in [-0.3, -0.25) is 19.8 Å². The molecule has 5 heterocycles. The molecule has 0 unspecified atom stereocenters. The molecule has 0 radical (unpaired) electrons. The van der Waals surface area contributed by atoms with Crippen LogP contribution in [-0.4, -0.2) is 301 Å². The summed E-state index contributed by atoms with van der Waals surface area (Å²) in [6, 6.07) is -2.79. The van der Waals surface area contributed by atoms with Crippen molar-refractivity contribution in [1.82, 2.24) is 15.5 Å². The van der Waals surface area contributed by atoms with E-state index in [1.165, 1.54) is 13.0 Å². The number of hydrogen-bond donors (Lipinski definition) is 20. The van der Waals surface area contributed by atoms with Crippen LogP contribution in [0.5, 0.6) is 0 Å². The van der Waals surface area contributed by atoms with E-state index in [9.17, 15) is 91.3 Å². The standard InChI is InChI=1S/C25H43NO18.C8H17NO5.C3H3NO2S/c1-6-11(26-8-2-7(3-27)12(30)15(33)13(8)31)14(32)19(37)24(40-6)43-22-10(5-29)42-25(20(38)17(22)35)44-21-9(4-28)41-23(39)18(36)16(21)34;10-2-1-9-3-6(12)8(14)7(13)5(9)4-11;5-2-1-7-3(6)4-2/h2,6,8-39H,3-5H2,1H3;5-8,10-14H,1-4H2;1H2,(H,4,5,6)/t6-,8+,9-,10-,11-,12-,13+,14+,15+,16-,17-,18-,19-,20-,21-,22-,23-,24-,25-;5-,6+,7-,8-;/m11./s1. The van der Waals surface area contributed by atoms with Gasteiger partial charge in [0.1, 0.15) is 91.6 Å². The molecule has 0 spiro atoms. The largest absolute Gasteiger partial charge is 0.395 e. The first-order valence-electron chi connectivity index (χ1n) is 20.5. The van der Waals surface area contributed by atoms with Crippen molar-refractivity contribution < 1.29 is 125 Å². The van der Waals surface area contributed by atoms with Crippen LogP contribution < -0.4 is 10.6 Å². The molecule has 0 aromatic rings. The molecule has 5 fully saturated rings. The average Bonchev–Trinajstić information content (AvgIpc) is 3.67. The van der Waals surface area contributed by atoms with E-state index in [2.05, 4.69) is 10.6 Å². The summed E-state index contributed by atoms with van der Waals surface area (Å²) < 4.78 is 27.4. The number of carbonyl (C=O) groups excluding carboxylic acids is 2. The Labute approximate surface area is 374 Å². The molecule has 0 saturated carbocycles. The van der Waals surface area contributed by atoms with Crippen LogP contribution in [0, 0.1) is 0 Å². The molecule has 378 valence electrons. The zero-order valence-corrected chi connectivity index (χ0v) is 35.6. The number of hydrogen-bond acceptors (Lipinski definition) is 28. The zero-order valence-electron chi connectivity index (χ0n) is 34.8. The Hall–Kier alpha value is -1.77. The maximum Gasteiger partial charge on any atom is 0.286 e. The summed E-state index contributed by atoms with van der Waals surface area (Å²) in [6.07, 6.45) is -30.0. The van der Waals surface area contributed by atoms with Gasteiger partial charge in [0.15, 0.2) is 18.9 Å². The number of aliphatic hydroxyl groups is 18. The Balaban J connectivity index is 0.000000358. The molecule has 65 heavy (non-hydrogen) atoms. The van der Waals surface area contributed by atoms with E-state index in [-0.39, 0.29) is 43.0 Å². The fourth-order valence-electron chi connectivity index (χ4n) is 7.89. The van der Waals surface area contributed by atoms with Crippen molar-refractivity contribution in [2.45, 2.75) is 148 Å². The first-order chi connectivity index (χ1) is 30.6. The molecule has 0 aromatic carbocycles. The molecule has 5 aliphatic heterocycles. The third kappa shape index (κ3) is 13.3. The lowest BCUT2D eigenvalue weighted by atomic mass is 9.86. The van der Waals surface area contributed by atoms with Gasteiger partial charge in [-0.2, -0.15) is 0 Å². The summed E-state index contributed by atoms with van der Waals surface area (Å²) in [5.74, 6) is 0.105. The van der Waals surface area contributed by atoms with Gasteiger partial charge < -0.3 is 121 Å². The van der Waals surface area contributed by atoms with Gasteiger partial charge in [0.25, 0.3) is 5.24 Å². The number of thioether (sulfide) groups is 1. The van der Waals surface area contributed by atoms with Gasteiger partial charge in [-0.1, -0.05) is 17.8 Å². The van der Waals surface area contributed by atoms with Crippen molar-refractivity contribution in [3.8, 4) is 0 Å². The summed E-state index contributed by atoms with van der Waals surface area (Å²) >= 11 is 1.01. The molecule has 20 N–H and O–H groups in total. The highest BCUT2D eigenvalue weighted by atomic mass is 32.2. The second kappa shape index (κ2) is 25.2. The Morgan fingerprint density at radius 3 is 1.77 bits per heavy atom. The van der Waals surface area contributed by atoms with Crippen molar-refractivity contribution in [1.29, 1.82) is 0 Å². The quantitative estimate of drug-likeness (QED) is 0.0808. The third-order valence-corrected chi connectivity index (χ3v) is 12.4. The molecule has 6 aliphatic rings. The van der Waals surface area contributed by atoms with Gasteiger partial charge >= 0.3 is 0 Å². The Kier molecular flexibility index (Phi) is 21.6. The Morgan fingerprint density at radius 1 is 0.692 bits per heavy atom. The molecule has 0 aromatic heterocycles. The van der Waals surface area contributed by atoms with Gasteiger partial charge in [0, 0.05) is 13.1 Å². The van der Waals surface area contributed by atoms with E-state index in [0.717, 1.165) is 11.8 Å². The van der Waals surface area contributed by atoms with Crippen molar-refractivity contribution >= 4 is 22.9 Å². The molecule has 5 saturated heterocycles. The minimum absolute atomic E-state index is 0.0225. The minimum atomic E-state index is -1.93. The number of amides is 2. The summed E-state index contributed by atoms with van der Waals surface area (Å²) in [4.78, 5) is 21.7. The van der Waals surface area contributed by atoms with E-state index in [0.29, 0.717) is 5.75 Å². The van der Waals surface area contributed by atoms with Crippen LogP contribution in [0.1, 0.15) is 6.92 Å². The molecule has 2 amide bonds. The topological polar surface area (TPSA) is 472 Å². The summed E-state index contributed by atoms with van der Waals surface area (Å²) in [7, 11) is 0. The smallest absolute Gasteiger partial charge is 0.286 e. The lowest BCUT2D eigenvalue weighted by Crippen LogP contribution is -2.68. The molecule has 28 nitrogen and oxygen atoms in total. The predicted molar refractivity (Wildman–Crippen MR) is 211 cm³/mol. The average molecular weight is 970 g/mol. The monoisotopic (exact) mass is 969 g/mol. The van der Waals surface area contributed by atoms with Gasteiger partial charge in [0.05, 0.1) is 69.1 Å². The second-order valence-electron chi connectivity index (χ2n) is 16.0. The van der Waals surface area contributed by atoms with Crippen molar-refractivity contribution in [2.24, 2.45) is 0 Å². The van der Waals surface area contributed by atoms with Crippen molar-refractivity contribution in [2.75, 3.05) is 51.9 Å². The SMILES string of the molecule is C[C@H]1O[C@H](O[C@H]2[C@H](O)[C@@H](O)[C@@H](O[C@H]3[C@H](O)[C@@H](O)[C@H](O)O[C@@H]3CO)O[C@@H]2CO)[C@H](O)[C@@H](O)[C@@H]1N[C@H]1C=C(CO)[C@@H](O)[C@H](O)[C@H]1O.O=C1CSC(=O)N1.OCCN1C[C@H](O)[C@@H](O)[C@H](O)[C@H]1CO. The number of nitrogens with one attached hydrogen (secondary N) is 2. The van der Waals surface area contributed by atoms with E-state index >= 15 is 0 Å². The van der Waals surface area contributed by atoms with E-state index in [1.54, 1.807) is 4.90 Å². The van der Waals surface area contributed by atoms with Crippen LogP contribution in [-0.2, 0) is 28.5 Å². The van der Waals surface area contributed by atoms with Crippen molar-refractivity contribution in [3.05, 3.63) is 11.6 Å². The van der Waals surface area contributed by atoms with Crippen LogP contribution >= 0.6 is 11.8 Å². The van der Waals surface area contributed by atoms with Gasteiger partial charge in [-0.05, 0) is 12.5 Å². The normalized spacial score (nSPS) is 46.0.